The SMILES string of the molecule is COC1CC(c2cnc(Cl)c(Br)c2)(c2nnc(S)n2C)C1. The third-order valence-electron chi connectivity index (χ3n) is 4.11. The van der Waals surface area contributed by atoms with Crippen molar-refractivity contribution in [2.75, 3.05) is 7.11 Å². The van der Waals surface area contributed by atoms with E-state index in [0.29, 0.717) is 10.3 Å². The molecule has 1 aliphatic carbocycles. The van der Waals surface area contributed by atoms with Crippen LogP contribution in [0.2, 0.25) is 5.15 Å². The number of ether oxygens (including phenoxy) is 1. The highest BCUT2D eigenvalue weighted by Crippen LogP contribution is 2.50. The van der Waals surface area contributed by atoms with Crippen molar-refractivity contribution in [3.8, 4) is 0 Å². The van der Waals surface area contributed by atoms with E-state index in [2.05, 4.69) is 43.7 Å². The minimum atomic E-state index is -0.260. The quantitative estimate of drug-likeness (QED) is 0.647. The van der Waals surface area contributed by atoms with E-state index in [1.54, 1.807) is 13.3 Å². The van der Waals surface area contributed by atoms with Crippen molar-refractivity contribution in [2.24, 2.45) is 7.05 Å². The molecule has 0 N–H and O–H groups in total. The summed E-state index contributed by atoms with van der Waals surface area (Å²) >= 11 is 13.8. The lowest BCUT2D eigenvalue weighted by molar-refractivity contribution is -0.00723. The number of rotatable bonds is 3. The minimum absolute atomic E-state index is 0.208. The van der Waals surface area contributed by atoms with Crippen LogP contribution < -0.4 is 0 Å². The fourth-order valence-corrected chi connectivity index (χ4v) is 3.44. The van der Waals surface area contributed by atoms with E-state index in [1.165, 1.54) is 0 Å². The normalized spacial score (nSPS) is 24.9. The van der Waals surface area contributed by atoms with Crippen molar-refractivity contribution in [1.82, 2.24) is 19.7 Å². The van der Waals surface area contributed by atoms with Gasteiger partial charge >= 0.3 is 0 Å². The molecule has 0 saturated heterocycles. The maximum Gasteiger partial charge on any atom is 0.187 e. The van der Waals surface area contributed by atoms with Crippen LogP contribution in [-0.2, 0) is 17.2 Å². The van der Waals surface area contributed by atoms with Gasteiger partial charge in [-0.3, -0.25) is 0 Å². The number of hydrogen-bond acceptors (Lipinski definition) is 5. The van der Waals surface area contributed by atoms with Crippen LogP contribution in [0.25, 0.3) is 0 Å². The van der Waals surface area contributed by atoms with Gasteiger partial charge in [0.05, 0.1) is 16.0 Å². The number of halogens is 2. The Morgan fingerprint density at radius 2 is 2.19 bits per heavy atom. The van der Waals surface area contributed by atoms with E-state index in [4.69, 9.17) is 16.3 Å². The zero-order chi connectivity index (χ0) is 15.2. The fourth-order valence-electron chi connectivity index (χ4n) is 2.85. The summed E-state index contributed by atoms with van der Waals surface area (Å²) < 4.78 is 8.12. The molecule has 0 bridgehead atoms. The van der Waals surface area contributed by atoms with E-state index in [9.17, 15) is 0 Å². The molecular formula is C13H14BrClN4OS. The molecule has 0 aromatic carbocycles. The Kier molecular flexibility index (Phi) is 4.02. The molecule has 0 amide bonds. The predicted octanol–water partition coefficient (Wildman–Crippen LogP) is 3.01. The summed E-state index contributed by atoms with van der Waals surface area (Å²) in [5.74, 6) is 0.872. The Balaban J connectivity index is 2.10. The molecule has 2 aromatic heterocycles. The van der Waals surface area contributed by atoms with Crippen LogP contribution in [0.1, 0.15) is 24.2 Å². The molecule has 0 atom stereocenters. The van der Waals surface area contributed by atoms with E-state index in [0.717, 1.165) is 28.7 Å². The molecule has 8 heteroatoms. The van der Waals surface area contributed by atoms with Gasteiger partial charge in [-0.2, -0.15) is 0 Å². The number of methoxy groups -OCH3 is 1. The third kappa shape index (κ3) is 2.40. The Bertz CT molecular complexity index is 687. The Hall–Kier alpha value is -0.630. The molecule has 3 rings (SSSR count). The first-order chi connectivity index (χ1) is 9.98. The lowest BCUT2D eigenvalue weighted by Gasteiger charge is -2.46. The molecule has 2 aromatic rings. The molecule has 0 unspecified atom stereocenters. The molecule has 5 nitrogen and oxygen atoms in total. The van der Waals surface area contributed by atoms with Crippen molar-refractivity contribution in [1.29, 1.82) is 0 Å². The van der Waals surface area contributed by atoms with Gasteiger partial charge in [0.2, 0.25) is 0 Å². The van der Waals surface area contributed by atoms with Crippen molar-refractivity contribution in [3.05, 3.63) is 33.3 Å². The van der Waals surface area contributed by atoms with Gasteiger partial charge in [0.15, 0.2) is 5.16 Å². The summed E-state index contributed by atoms with van der Waals surface area (Å²) in [6.07, 6.45) is 3.67. The van der Waals surface area contributed by atoms with Crippen LogP contribution in [0.4, 0.5) is 0 Å². The molecule has 0 spiro atoms. The van der Waals surface area contributed by atoms with E-state index in [-0.39, 0.29) is 11.5 Å². The highest BCUT2D eigenvalue weighted by molar-refractivity contribution is 9.10. The minimum Gasteiger partial charge on any atom is -0.381 e. The van der Waals surface area contributed by atoms with Crippen LogP contribution >= 0.6 is 40.2 Å². The van der Waals surface area contributed by atoms with E-state index in [1.807, 2.05) is 17.7 Å². The molecule has 112 valence electrons. The second-order valence-corrected chi connectivity index (χ2v) is 6.84. The molecule has 0 aliphatic heterocycles. The molecule has 1 saturated carbocycles. The van der Waals surface area contributed by atoms with E-state index >= 15 is 0 Å². The summed E-state index contributed by atoms with van der Waals surface area (Å²) in [5, 5.41) is 9.41. The standard InChI is InChI=1S/C13H14BrClN4OS/c1-19-11(17-18-12(19)21)13(4-8(5-13)20-2)7-3-9(14)10(15)16-6-7/h3,6,8H,4-5H2,1-2H3,(H,18,21). The van der Waals surface area contributed by atoms with Crippen molar-refractivity contribution < 1.29 is 4.74 Å². The van der Waals surface area contributed by atoms with E-state index < -0.39 is 0 Å². The number of pyridine rings is 1. The molecular weight excluding hydrogens is 376 g/mol. The van der Waals surface area contributed by atoms with Crippen LogP contribution in [0.3, 0.4) is 0 Å². The second-order valence-electron chi connectivity index (χ2n) is 5.23. The maximum absolute atomic E-state index is 6.00. The van der Waals surface area contributed by atoms with Crippen LogP contribution in [-0.4, -0.2) is 33.0 Å². The first-order valence-corrected chi connectivity index (χ1v) is 8.03. The summed E-state index contributed by atoms with van der Waals surface area (Å²) in [6, 6.07) is 1.99. The van der Waals surface area contributed by atoms with Gasteiger partial charge in [-0.05, 0) is 40.4 Å². The fraction of sp³-hybridized carbons (Fsp3) is 0.462. The summed E-state index contributed by atoms with van der Waals surface area (Å²) in [7, 11) is 3.64. The van der Waals surface area contributed by atoms with Crippen molar-refractivity contribution >= 4 is 40.2 Å². The molecule has 2 heterocycles. The van der Waals surface area contributed by atoms with Gasteiger partial charge in [-0.25, -0.2) is 4.98 Å². The largest absolute Gasteiger partial charge is 0.381 e. The van der Waals surface area contributed by atoms with Crippen LogP contribution in [0.15, 0.2) is 21.9 Å². The summed E-state index contributed by atoms with van der Waals surface area (Å²) in [4.78, 5) is 4.24. The zero-order valence-electron chi connectivity index (χ0n) is 11.5. The third-order valence-corrected chi connectivity index (χ3v) is 5.64. The molecule has 0 radical (unpaired) electrons. The second kappa shape index (κ2) is 5.53. The molecule has 21 heavy (non-hydrogen) atoms. The van der Waals surface area contributed by atoms with Gasteiger partial charge in [0.25, 0.3) is 0 Å². The van der Waals surface area contributed by atoms with Gasteiger partial charge in [-0.15, -0.1) is 22.8 Å². The van der Waals surface area contributed by atoms with Gasteiger partial charge < -0.3 is 9.30 Å². The number of nitrogens with zero attached hydrogens (tertiary/aromatic N) is 4. The summed E-state index contributed by atoms with van der Waals surface area (Å²) in [6.45, 7) is 0. The Labute approximate surface area is 141 Å². The average molecular weight is 390 g/mol. The highest BCUT2D eigenvalue weighted by Gasteiger charge is 2.51. The monoisotopic (exact) mass is 388 g/mol. The lowest BCUT2D eigenvalue weighted by atomic mass is 9.62. The first kappa shape index (κ1) is 15.3. The van der Waals surface area contributed by atoms with Crippen molar-refractivity contribution in [3.63, 3.8) is 0 Å². The first-order valence-electron chi connectivity index (χ1n) is 6.41. The zero-order valence-corrected chi connectivity index (χ0v) is 14.8. The Morgan fingerprint density at radius 3 is 2.71 bits per heavy atom. The number of thiol groups is 1. The Morgan fingerprint density at radius 1 is 1.48 bits per heavy atom. The lowest BCUT2D eigenvalue weighted by Crippen LogP contribution is -2.48. The van der Waals surface area contributed by atoms with Crippen LogP contribution in [0, 0.1) is 0 Å². The van der Waals surface area contributed by atoms with Gasteiger partial charge in [0.1, 0.15) is 11.0 Å². The van der Waals surface area contributed by atoms with Gasteiger partial charge in [-0.1, -0.05) is 11.6 Å². The van der Waals surface area contributed by atoms with Gasteiger partial charge in [0, 0.05) is 20.4 Å². The number of hydrogen-bond donors (Lipinski definition) is 1. The topological polar surface area (TPSA) is 52.8 Å². The van der Waals surface area contributed by atoms with Crippen LogP contribution in [0.5, 0.6) is 0 Å². The number of aromatic nitrogens is 4. The smallest absolute Gasteiger partial charge is 0.187 e. The van der Waals surface area contributed by atoms with Crippen molar-refractivity contribution in [2.45, 2.75) is 29.5 Å². The maximum atomic E-state index is 6.00. The molecule has 1 aliphatic rings. The molecule has 1 fully saturated rings. The highest BCUT2D eigenvalue weighted by atomic mass is 79.9. The average Bonchev–Trinajstić information content (AvgIpc) is 2.74. The predicted molar refractivity (Wildman–Crippen MR) is 86.0 cm³/mol. The summed E-state index contributed by atoms with van der Waals surface area (Å²) in [5.41, 5.74) is 0.791.